The quantitative estimate of drug-likeness (QED) is 0.261. The Bertz CT molecular complexity index is 1320. The highest BCUT2D eigenvalue weighted by atomic mass is 16.7. The van der Waals surface area contributed by atoms with Gasteiger partial charge in [-0.2, -0.15) is 0 Å². The number of aliphatic hydroxyl groups is 1. The van der Waals surface area contributed by atoms with E-state index in [-0.39, 0.29) is 90.5 Å². The van der Waals surface area contributed by atoms with Crippen LogP contribution in [0.2, 0.25) is 0 Å². The number of likely N-dealkylation sites (N-methyl/N-ethyl adjacent to an activating group) is 1. The summed E-state index contributed by atoms with van der Waals surface area (Å²) in [6.45, 7) is 10.2. The molecule has 17 atom stereocenters. The van der Waals surface area contributed by atoms with Gasteiger partial charge < -0.3 is 43.2 Å². The van der Waals surface area contributed by atoms with Gasteiger partial charge in [0.25, 0.3) is 0 Å². The number of hydrogen-bond acceptors (Lipinski definition) is 11. The van der Waals surface area contributed by atoms with Crippen molar-refractivity contribution in [1.82, 2.24) is 4.90 Å². The van der Waals surface area contributed by atoms with Crippen LogP contribution in [0.1, 0.15) is 92.4 Å². The number of nitrogens with zero attached hydrogens (tertiary/aromatic N) is 1. The largest absolute Gasteiger partial charge is 0.462 e. The topological polar surface area (TPSA) is 122 Å². The SMILES string of the molecule is CC[C@H]1CCC[C@H](O[C@H]2CC[C@H](N(C)C)[C@@H](C)O2)[C@@H](C)C(=O)C2=C[C@@H]3[C@@H](C=C(C)[C@@H]4C[C@H](O[C@@H]5O[C@@H](C)[C@H](OC)[C@@H](O)[C@H]5OC)C[C@H]34)[C@@H]2CC(=O)O1. The summed E-state index contributed by atoms with van der Waals surface area (Å²) in [7, 11) is 7.29. The molecule has 0 amide bonds. The average molecular weight is 732 g/mol. The summed E-state index contributed by atoms with van der Waals surface area (Å²) in [5, 5.41) is 11.0. The number of aliphatic hydroxyl groups excluding tert-OH is 1. The van der Waals surface area contributed by atoms with E-state index in [1.807, 2.05) is 13.8 Å². The molecule has 1 N–H and O–H groups in total. The first-order valence-electron chi connectivity index (χ1n) is 20.0. The molecule has 0 spiro atoms. The minimum absolute atomic E-state index is 0.0218. The van der Waals surface area contributed by atoms with Crippen molar-refractivity contribution in [1.29, 1.82) is 0 Å². The van der Waals surface area contributed by atoms with E-state index in [2.05, 4.69) is 51.9 Å². The zero-order valence-electron chi connectivity index (χ0n) is 32.9. The molecule has 6 aliphatic rings. The normalized spacial score (nSPS) is 45.9. The Hall–Kier alpha value is -1.70. The van der Waals surface area contributed by atoms with Crippen molar-refractivity contribution in [2.75, 3.05) is 28.3 Å². The van der Waals surface area contributed by atoms with Gasteiger partial charge in [0, 0.05) is 32.1 Å². The van der Waals surface area contributed by atoms with Gasteiger partial charge in [-0.3, -0.25) is 9.59 Å². The Kier molecular flexibility index (Phi) is 13.1. The molecule has 52 heavy (non-hydrogen) atoms. The lowest BCUT2D eigenvalue weighted by Crippen LogP contribution is -2.59. The first kappa shape index (κ1) is 40.0. The molecule has 294 valence electrons. The van der Waals surface area contributed by atoms with Gasteiger partial charge >= 0.3 is 5.97 Å². The molecule has 0 aromatic rings. The number of Topliss-reactive ketones (excluding diaryl/α,β-unsaturated/α-hetero) is 1. The number of methoxy groups -OCH3 is 2. The molecular formula is C41H65NO10. The van der Waals surface area contributed by atoms with E-state index < -0.39 is 24.6 Å². The number of ether oxygens (including phenoxy) is 7. The van der Waals surface area contributed by atoms with E-state index in [4.69, 9.17) is 33.2 Å². The first-order valence-corrected chi connectivity index (χ1v) is 20.0. The van der Waals surface area contributed by atoms with E-state index in [9.17, 15) is 14.7 Å². The van der Waals surface area contributed by atoms with E-state index in [1.165, 1.54) is 5.57 Å². The third-order valence-corrected chi connectivity index (χ3v) is 13.4. The molecule has 11 heteroatoms. The maximum absolute atomic E-state index is 14.7. The molecule has 3 aliphatic carbocycles. The number of allylic oxidation sites excluding steroid dienone is 4. The average Bonchev–Trinajstić information content (AvgIpc) is 3.68. The molecule has 0 radical (unpaired) electrons. The zero-order valence-corrected chi connectivity index (χ0v) is 32.9. The molecule has 1 saturated carbocycles. The second-order valence-electron chi connectivity index (χ2n) is 16.8. The fraction of sp³-hybridized carbons (Fsp3) is 0.854. The van der Waals surface area contributed by atoms with Gasteiger partial charge in [-0.1, -0.05) is 31.6 Å². The summed E-state index contributed by atoms with van der Waals surface area (Å²) in [4.78, 5) is 30.5. The zero-order chi connectivity index (χ0) is 37.4. The number of fused-ring (bicyclic) bond motifs is 5. The Balaban J connectivity index is 1.23. The number of carbonyl (C=O) groups is 2. The van der Waals surface area contributed by atoms with E-state index in [1.54, 1.807) is 14.2 Å². The first-order chi connectivity index (χ1) is 24.8. The number of rotatable bonds is 8. The number of carbonyl (C=O) groups excluding carboxylic acids is 2. The fourth-order valence-corrected chi connectivity index (χ4v) is 10.5. The van der Waals surface area contributed by atoms with Crippen molar-refractivity contribution in [2.45, 2.75) is 160 Å². The molecule has 0 unspecified atom stereocenters. The molecule has 3 saturated heterocycles. The van der Waals surface area contributed by atoms with Gasteiger partial charge in [0.2, 0.25) is 0 Å². The predicted octanol–water partition coefficient (Wildman–Crippen LogP) is 5.22. The number of ketones is 1. The summed E-state index contributed by atoms with van der Waals surface area (Å²) >= 11 is 0. The third kappa shape index (κ3) is 8.13. The van der Waals surface area contributed by atoms with Gasteiger partial charge in [-0.15, -0.1) is 0 Å². The third-order valence-electron chi connectivity index (χ3n) is 13.4. The minimum atomic E-state index is -0.883. The van der Waals surface area contributed by atoms with Crippen LogP contribution in [0, 0.1) is 35.5 Å². The van der Waals surface area contributed by atoms with Gasteiger partial charge in [-0.05, 0) is 115 Å². The summed E-state index contributed by atoms with van der Waals surface area (Å²) in [6.07, 6.45) is 7.01. The number of cyclic esters (lactones) is 1. The molecule has 6 rings (SSSR count). The molecule has 4 fully saturated rings. The highest BCUT2D eigenvalue weighted by Gasteiger charge is 2.53. The predicted molar refractivity (Wildman–Crippen MR) is 194 cm³/mol. The van der Waals surface area contributed by atoms with E-state index >= 15 is 0 Å². The maximum Gasteiger partial charge on any atom is 0.306 e. The van der Waals surface area contributed by atoms with E-state index in [0.29, 0.717) is 12.5 Å². The van der Waals surface area contributed by atoms with Crippen LogP contribution in [0.4, 0.5) is 0 Å². The summed E-state index contributed by atoms with van der Waals surface area (Å²) in [6, 6.07) is 0.332. The second kappa shape index (κ2) is 17.0. The molecule has 0 aromatic heterocycles. The monoisotopic (exact) mass is 731 g/mol. The summed E-state index contributed by atoms with van der Waals surface area (Å²) < 4.78 is 43.2. The standard InChI is InChI=1S/C41H65NO10/c1-10-25-12-11-13-34(52-36-15-14-33(42(6)7)23(4)48-36)22(3)37(44)32-19-30-28(31(32)20-35(43)50-25)16-21(2)27-17-26(18-29(27)30)51-41-40(47-9)38(45)39(46-8)24(5)49-41/h16,19,22-31,33-34,36,38-41,45H,10-15,17-18,20H2,1-9H3/t22-,23-,24+,25+,26+,27+,28-,29+,30-,31+,33+,34+,36+,38-,39+,40-,41+/m1/s1. The van der Waals surface area contributed by atoms with Crippen molar-refractivity contribution in [3.63, 3.8) is 0 Å². The molecule has 0 bridgehead atoms. The summed E-state index contributed by atoms with van der Waals surface area (Å²) in [5.41, 5.74) is 2.03. The van der Waals surface area contributed by atoms with Crippen LogP contribution in [0.15, 0.2) is 23.3 Å². The van der Waals surface area contributed by atoms with Crippen LogP contribution in [0.25, 0.3) is 0 Å². The van der Waals surface area contributed by atoms with Crippen LogP contribution in [0.5, 0.6) is 0 Å². The molecule has 3 heterocycles. The Morgan fingerprint density at radius 2 is 1.63 bits per heavy atom. The van der Waals surface area contributed by atoms with Crippen molar-refractivity contribution in [2.24, 2.45) is 35.5 Å². The van der Waals surface area contributed by atoms with Crippen LogP contribution in [-0.4, -0.2) is 118 Å². The summed E-state index contributed by atoms with van der Waals surface area (Å²) in [5.74, 6) is -0.152. The van der Waals surface area contributed by atoms with Crippen LogP contribution in [0.3, 0.4) is 0 Å². The van der Waals surface area contributed by atoms with E-state index in [0.717, 1.165) is 50.5 Å². The van der Waals surface area contributed by atoms with Crippen LogP contribution in [-0.2, 0) is 42.7 Å². The van der Waals surface area contributed by atoms with Gasteiger partial charge in [0.1, 0.15) is 24.4 Å². The van der Waals surface area contributed by atoms with Gasteiger partial charge in [-0.25, -0.2) is 0 Å². The molecule has 11 nitrogen and oxygen atoms in total. The molecular weight excluding hydrogens is 666 g/mol. The molecule has 0 aromatic carbocycles. The van der Waals surface area contributed by atoms with Gasteiger partial charge in [0.05, 0.1) is 30.8 Å². The minimum Gasteiger partial charge on any atom is -0.462 e. The van der Waals surface area contributed by atoms with Gasteiger partial charge in [0.15, 0.2) is 18.4 Å². The maximum atomic E-state index is 14.7. The molecule has 3 aliphatic heterocycles. The van der Waals surface area contributed by atoms with Crippen molar-refractivity contribution >= 4 is 11.8 Å². The number of esters is 1. The van der Waals surface area contributed by atoms with Crippen LogP contribution < -0.4 is 0 Å². The second-order valence-corrected chi connectivity index (χ2v) is 16.8. The van der Waals surface area contributed by atoms with Crippen molar-refractivity contribution < 1.29 is 47.9 Å². The Labute approximate surface area is 311 Å². The highest BCUT2D eigenvalue weighted by Crippen LogP contribution is 2.56. The lowest BCUT2D eigenvalue weighted by atomic mass is 9.67. The smallest absolute Gasteiger partial charge is 0.306 e. The lowest BCUT2D eigenvalue weighted by Gasteiger charge is -2.42. The lowest BCUT2D eigenvalue weighted by molar-refractivity contribution is -0.311. The van der Waals surface area contributed by atoms with Crippen molar-refractivity contribution in [3.05, 3.63) is 23.3 Å². The van der Waals surface area contributed by atoms with Crippen molar-refractivity contribution in [3.8, 4) is 0 Å². The fourth-order valence-electron chi connectivity index (χ4n) is 10.5. The highest BCUT2D eigenvalue weighted by molar-refractivity contribution is 5.99. The number of hydrogen-bond donors (Lipinski definition) is 1. The Morgan fingerprint density at radius 1 is 0.885 bits per heavy atom. The Morgan fingerprint density at radius 3 is 2.31 bits per heavy atom. The van der Waals surface area contributed by atoms with Crippen LogP contribution >= 0.6 is 0 Å².